The van der Waals surface area contributed by atoms with Crippen molar-refractivity contribution in [2.75, 3.05) is 11.5 Å². The Morgan fingerprint density at radius 1 is 1.47 bits per heavy atom. The summed E-state index contributed by atoms with van der Waals surface area (Å²) < 4.78 is 0.0237. The van der Waals surface area contributed by atoms with Gasteiger partial charge in [-0.2, -0.15) is 0 Å². The molecule has 0 spiro atoms. The van der Waals surface area contributed by atoms with Crippen LogP contribution in [0.4, 0.5) is 5.13 Å². The number of β-lactam (4-membered cyclic amide) rings is 1. The van der Waals surface area contributed by atoms with E-state index in [1.165, 1.54) is 29.8 Å². The summed E-state index contributed by atoms with van der Waals surface area (Å²) in [7, 11) is 0. The van der Waals surface area contributed by atoms with E-state index in [-0.39, 0.29) is 26.5 Å². The van der Waals surface area contributed by atoms with Crippen LogP contribution in [-0.4, -0.2) is 72.8 Å². The zero-order valence-electron chi connectivity index (χ0n) is 15.1. The second kappa shape index (κ2) is 8.49. The van der Waals surface area contributed by atoms with E-state index in [9.17, 15) is 19.2 Å². The molecule has 15 heteroatoms. The SMILES string of the molecule is CC(ON=C(C(=O)NC1C(=O)N2C=C(C(=O)O)CS[C@H]12)c1nc(N)sc1Cl)C(=O)O. The Labute approximate surface area is 181 Å². The summed E-state index contributed by atoms with van der Waals surface area (Å²) in [5.74, 6) is -3.68. The number of fused-ring (bicyclic) bond motifs is 1. The van der Waals surface area contributed by atoms with Gasteiger partial charge in [0.25, 0.3) is 11.8 Å². The number of hydrogen-bond acceptors (Lipinski definition) is 10. The first-order valence-electron chi connectivity index (χ1n) is 8.17. The molecule has 2 amide bonds. The Morgan fingerprint density at radius 2 is 2.17 bits per heavy atom. The van der Waals surface area contributed by atoms with Gasteiger partial charge in [0.05, 0.1) is 5.57 Å². The van der Waals surface area contributed by atoms with E-state index in [1.54, 1.807) is 0 Å². The number of hydrogen-bond donors (Lipinski definition) is 4. The molecule has 160 valence electrons. The summed E-state index contributed by atoms with van der Waals surface area (Å²) in [5.41, 5.74) is 5.08. The van der Waals surface area contributed by atoms with E-state index in [0.717, 1.165) is 11.3 Å². The van der Waals surface area contributed by atoms with Crippen LogP contribution in [0.25, 0.3) is 0 Å². The molecule has 2 aliphatic rings. The van der Waals surface area contributed by atoms with Crippen LogP contribution in [0.1, 0.15) is 12.6 Å². The van der Waals surface area contributed by atoms with Crippen molar-refractivity contribution in [3.05, 3.63) is 21.8 Å². The van der Waals surface area contributed by atoms with Gasteiger partial charge in [-0.05, 0) is 6.92 Å². The summed E-state index contributed by atoms with van der Waals surface area (Å²) in [6.07, 6.45) is -0.129. The molecular formula is C15H14ClN5O7S2. The molecule has 30 heavy (non-hydrogen) atoms. The smallest absolute Gasteiger partial charge is 0.347 e. The lowest BCUT2D eigenvalue weighted by Crippen LogP contribution is -2.69. The highest BCUT2D eigenvalue weighted by Gasteiger charge is 2.50. The van der Waals surface area contributed by atoms with Crippen molar-refractivity contribution in [1.82, 2.24) is 15.2 Å². The van der Waals surface area contributed by atoms with Crippen molar-refractivity contribution in [3.8, 4) is 0 Å². The third kappa shape index (κ3) is 4.20. The lowest BCUT2D eigenvalue weighted by Gasteiger charge is -2.46. The fourth-order valence-electron chi connectivity index (χ4n) is 2.47. The molecule has 0 aromatic carbocycles. The quantitative estimate of drug-likeness (QED) is 0.236. The predicted molar refractivity (Wildman–Crippen MR) is 107 cm³/mol. The van der Waals surface area contributed by atoms with Crippen LogP contribution >= 0.6 is 34.7 Å². The van der Waals surface area contributed by atoms with Gasteiger partial charge in [0.1, 0.15) is 21.4 Å². The Morgan fingerprint density at radius 3 is 2.73 bits per heavy atom. The highest BCUT2D eigenvalue weighted by atomic mass is 35.5. The van der Waals surface area contributed by atoms with Gasteiger partial charge in [-0.1, -0.05) is 28.1 Å². The minimum absolute atomic E-state index is 0.0237. The number of anilines is 1. The molecule has 2 aliphatic heterocycles. The van der Waals surface area contributed by atoms with Crippen LogP contribution in [0, 0.1) is 0 Å². The van der Waals surface area contributed by atoms with E-state index >= 15 is 0 Å². The average Bonchev–Trinajstić information content (AvgIpc) is 3.02. The Balaban J connectivity index is 1.80. The molecule has 12 nitrogen and oxygen atoms in total. The van der Waals surface area contributed by atoms with E-state index < -0.39 is 47.0 Å². The number of nitrogens with two attached hydrogens (primary N) is 1. The zero-order valence-corrected chi connectivity index (χ0v) is 17.5. The van der Waals surface area contributed by atoms with E-state index in [2.05, 4.69) is 15.5 Å². The third-order valence-corrected chi connectivity index (χ3v) is 6.44. The standard InChI is InChI=1S/C15H14ClN5O7S2/c1-4(13(24)25)28-20-7(6-9(16)30-15(17)19-6)10(22)18-8-11(23)21-2-5(14(26)27)3-29-12(8)21/h2,4,8,12H,3H2,1H3,(H2,17,19)(H,18,22)(H,24,25)(H,26,27)/t4?,8?,12-/m1/s1. The van der Waals surface area contributed by atoms with Gasteiger partial charge in [-0.15, -0.1) is 11.8 Å². The number of thioether (sulfide) groups is 1. The summed E-state index contributed by atoms with van der Waals surface area (Å²) in [6.45, 7) is 1.21. The predicted octanol–water partition coefficient (Wildman–Crippen LogP) is -0.0591. The highest BCUT2D eigenvalue weighted by Crippen LogP contribution is 2.36. The Kier molecular flexibility index (Phi) is 6.19. The highest BCUT2D eigenvalue weighted by molar-refractivity contribution is 8.00. The molecule has 1 fully saturated rings. The van der Waals surface area contributed by atoms with Crippen molar-refractivity contribution in [2.45, 2.75) is 24.4 Å². The van der Waals surface area contributed by atoms with Gasteiger partial charge in [-0.25, -0.2) is 14.6 Å². The molecule has 0 aliphatic carbocycles. The largest absolute Gasteiger partial charge is 0.478 e. The fraction of sp³-hybridized carbons (Fsp3) is 0.333. The number of aromatic nitrogens is 1. The molecule has 0 bridgehead atoms. The van der Waals surface area contributed by atoms with Gasteiger partial charge >= 0.3 is 11.9 Å². The van der Waals surface area contributed by atoms with Gasteiger partial charge in [0.15, 0.2) is 10.8 Å². The van der Waals surface area contributed by atoms with Crippen LogP contribution in [0.5, 0.6) is 0 Å². The lowest BCUT2D eigenvalue weighted by atomic mass is 10.1. The number of nitrogens with one attached hydrogen (secondary N) is 1. The fourth-order valence-corrected chi connectivity index (χ4v) is 4.65. The Hall–Kier alpha value is -2.84. The van der Waals surface area contributed by atoms with E-state index in [0.29, 0.717) is 0 Å². The molecule has 5 N–H and O–H groups in total. The van der Waals surface area contributed by atoms with Crippen LogP contribution < -0.4 is 11.1 Å². The molecule has 3 heterocycles. The third-order valence-electron chi connectivity index (χ3n) is 4.04. The van der Waals surface area contributed by atoms with Gasteiger partial charge in [-0.3, -0.25) is 9.59 Å². The number of oxime groups is 1. The first-order valence-corrected chi connectivity index (χ1v) is 10.4. The van der Waals surface area contributed by atoms with Crippen LogP contribution in [0.2, 0.25) is 4.34 Å². The Bertz CT molecular complexity index is 994. The van der Waals surface area contributed by atoms with Crippen molar-refractivity contribution in [3.63, 3.8) is 0 Å². The monoisotopic (exact) mass is 475 g/mol. The van der Waals surface area contributed by atoms with Crippen molar-refractivity contribution in [1.29, 1.82) is 0 Å². The molecular weight excluding hydrogens is 462 g/mol. The number of nitrogens with zero attached hydrogens (tertiary/aromatic N) is 3. The molecule has 0 saturated carbocycles. The summed E-state index contributed by atoms with van der Waals surface area (Å²) in [4.78, 5) is 57.1. The molecule has 0 radical (unpaired) electrons. The van der Waals surface area contributed by atoms with Crippen LogP contribution in [-0.2, 0) is 24.0 Å². The first-order chi connectivity index (χ1) is 14.1. The molecule has 3 atom stereocenters. The van der Waals surface area contributed by atoms with Gasteiger partial charge in [0.2, 0.25) is 6.10 Å². The summed E-state index contributed by atoms with van der Waals surface area (Å²) in [6, 6.07) is -0.953. The van der Waals surface area contributed by atoms with Crippen LogP contribution in [0.3, 0.4) is 0 Å². The number of rotatable bonds is 7. The summed E-state index contributed by atoms with van der Waals surface area (Å²) >= 11 is 8.08. The molecule has 2 unspecified atom stereocenters. The van der Waals surface area contributed by atoms with Crippen molar-refractivity contribution >= 4 is 69.3 Å². The van der Waals surface area contributed by atoms with E-state index in [1.807, 2.05) is 0 Å². The number of carbonyl (C=O) groups is 4. The normalized spacial score (nSPS) is 21.8. The van der Waals surface area contributed by atoms with Crippen molar-refractivity contribution < 1.29 is 34.2 Å². The number of nitrogen functional groups attached to an aromatic ring is 1. The number of carbonyl (C=O) groups excluding carboxylic acids is 2. The number of halogens is 1. The molecule has 1 aromatic rings. The maximum absolute atomic E-state index is 12.8. The minimum atomic E-state index is -1.36. The lowest BCUT2D eigenvalue weighted by molar-refractivity contribution is -0.149. The molecule has 1 aromatic heterocycles. The minimum Gasteiger partial charge on any atom is -0.478 e. The summed E-state index contributed by atoms with van der Waals surface area (Å²) in [5, 5.41) is 23.6. The second-order valence-electron chi connectivity index (χ2n) is 6.06. The van der Waals surface area contributed by atoms with Crippen LogP contribution in [0.15, 0.2) is 16.9 Å². The zero-order chi connectivity index (χ0) is 22.2. The number of carboxylic acid groups (broad SMARTS) is 2. The number of amides is 2. The topological polar surface area (TPSA) is 185 Å². The number of carboxylic acids is 2. The maximum atomic E-state index is 12.8. The maximum Gasteiger partial charge on any atom is 0.347 e. The first kappa shape index (κ1) is 21.9. The molecule has 3 rings (SSSR count). The number of aliphatic carboxylic acids is 2. The van der Waals surface area contributed by atoms with Gasteiger partial charge in [0, 0.05) is 12.0 Å². The van der Waals surface area contributed by atoms with Gasteiger partial charge < -0.3 is 31.0 Å². The average molecular weight is 476 g/mol. The second-order valence-corrected chi connectivity index (χ2v) is 8.80. The van der Waals surface area contributed by atoms with E-state index in [4.69, 9.17) is 32.4 Å². The molecule has 1 saturated heterocycles. The number of thiazole rings is 1. The van der Waals surface area contributed by atoms with Crippen molar-refractivity contribution in [2.24, 2.45) is 5.16 Å².